The van der Waals surface area contributed by atoms with E-state index in [1.54, 1.807) is 13.0 Å². The number of benzene rings is 3. The zero-order valence-electron chi connectivity index (χ0n) is 17.6. The number of carbonyl (C=O) groups is 1. The average Bonchev–Trinajstić information content (AvgIpc) is 3.29. The molecule has 0 aliphatic carbocycles. The highest BCUT2D eigenvalue weighted by molar-refractivity contribution is 6.03. The fourth-order valence-electron chi connectivity index (χ4n) is 3.70. The fourth-order valence-corrected chi connectivity index (χ4v) is 3.70. The van der Waals surface area contributed by atoms with Crippen molar-refractivity contribution in [1.29, 1.82) is 0 Å². The van der Waals surface area contributed by atoms with Crippen LogP contribution >= 0.6 is 0 Å². The number of imidazole rings is 1. The molecule has 156 valence electrons. The van der Waals surface area contributed by atoms with Crippen LogP contribution < -0.4 is 0 Å². The number of carbonyl (C=O) groups excluding carboxylic acids is 1. The fraction of sp³-hybridized carbons (Fsp3) is 0.0741. The summed E-state index contributed by atoms with van der Waals surface area (Å²) in [5.41, 5.74) is 6.25. The number of nitrogens with one attached hydrogen (secondary N) is 1. The van der Waals surface area contributed by atoms with Crippen LogP contribution in [0.5, 0.6) is 0 Å². The Balaban J connectivity index is 1.61. The Morgan fingerprint density at radius 3 is 2.03 bits per heavy atom. The molecular weight excluding hydrogens is 398 g/mol. The van der Waals surface area contributed by atoms with Gasteiger partial charge in [0.05, 0.1) is 23.4 Å². The molecule has 1 N–H and O–H groups in total. The second-order valence-corrected chi connectivity index (χ2v) is 7.37. The molecular formula is C27H21N3O2. The Labute approximate surface area is 185 Å². The molecule has 3 aromatic carbocycles. The molecule has 0 atom stereocenters. The molecule has 0 fully saturated rings. The molecule has 32 heavy (non-hydrogen) atoms. The number of ether oxygens (including phenoxy) is 1. The van der Waals surface area contributed by atoms with E-state index in [1.807, 2.05) is 60.7 Å². The van der Waals surface area contributed by atoms with Gasteiger partial charge in [-0.2, -0.15) is 0 Å². The summed E-state index contributed by atoms with van der Waals surface area (Å²) in [5, 5.41) is 0. The lowest BCUT2D eigenvalue weighted by molar-refractivity contribution is 0.0528. The first-order chi connectivity index (χ1) is 15.7. The molecule has 0 saturated heterocycles. The summed E-state index contributed by atoms with van der Waals surface area (Å²) in [7, 11) is 0. The Bertz CT molecular complexity index is 1380. The zero-order valence-corrected chi connectivity index (χ0v) is 17.6. The van der Waals surface area contributed by atoms with Crippen LogP contribution in [0.3, 0.4) is 0 Å². The number of aromatic nitrogens is 3. The minimum Gasteiger partial charge on any atom is -0.462 e. The number of nitrogens with zero attached hydrogens (tertiary/aromatic N) is 2. The van der Waals surface area contributed by atoms with E-state index in [0.717, 1.165) is 22.3 Å². The van der Waals surface area contributed by atoms with Gasteiger partial charge in [-0.1, -0.05) is 84.9 Å². The number of fused-ring (bicyclic) bond motifs is 1. The van der Waals surface area contributed by atoms with Crippen molar-refractivity contribution in [1.82, 2.24) is 15.0 Å². The average molecular weight is 419 g/mol. The van der Waals surface area contributed by atoms with Crippen LogP contribution in [-0.4, -0.2) is 27.5 Å². The molecule has 0 radical (unpaired) electrons. The van der Waals surface area contributed by atoms with Crippen LogP contribution in [0.4, 0.5) is 0 Å². The molecule has 0 saturated carbocycles. The predicted octanol–water partition coefficient (Wildman–Crippen LogP) is 6.14. The summed E-state index contributed by atoms with van der Waals surface area (Å²) in [6.45, 7) is 2.09. The lowest BCUT2D eigenvalue weighted by atomic mass is 10.0. The molecule has 0 aliphatic heterocycles. The largest absolute Gasteiger partial charge is 0.462 e. The second-order valence-electron chi connectivity index (χ2n) is 7.37. The van der Waals surface area contributed by atoms with Gasteiger partial charge in [0.1, 0.15) is 5.82 Å². The summed E-state index contributed by atoms with van der Waals surface area (Å²) in [4.78, 5) is 25.4. The van der Waals surface area contributed by atoms with Gasteiger partial charge in [-0.05, 0) is 24.1 Å². The summed E-state index contributed by atoms with van der Waals surface area (Å²) >= 11 is 0. The molecule has 5 rings (SSSR count). The van der Waals surface area contributed by atoms with Crippen LogP contribution in [0.25, 0.3) is 44.9 Å². The molecule has 5 heteroatoms. The Kier molecular flexibility index (Phi) is 5.22. The van der Waals surface area contributed by atoms with Gasteiger partial charge in [0.2, 0.25) is 0 Å². The maximum absolute atomic E-state index is 12.7. The first kappa shape index (κ1) is 19.7. The summed E-state index contributed by atoms with van der Waals surface area (Å²) < 4.78 is 5.30. The van der Waals surface area contributed by atoms with E-state index in [9.17, 15) is 4.79 Å². The number of hydrogen-bond acceptors (Lipinski definition) is 4. The molecule has 0 amide bonds. The first-order valence-electron chi connectivity index (χ1n) is 10.5. The van der Waals surface area contributed by atoms with E-state index in [-0.39, 0.29) is 0 Å². The number of H-pyrrole nitrogens is 1. The van der Waals surface area contributed by atoms with Gasteiger partial charge in [-0.25, -0.2) is 14.8 Å². The van der Waals surface area contributed by atoms with Gasteiger partial charge in [-0.3, -0.25) is 0 Å². The van der Waals surface area contributed by atoms with E-state index in [2.05, 4.69) is 34.2 Å². The topological polar surface area (TPSA) is 67.9 Å². The first-order valence-corrected chi connectivity index (χ1v) is 10.5. The lowest BCUT2D eigenvalue weighted by Crippen LogP contribution is -2.06. The highest BCUT2D eigenvalue weighted by Crippen LogP contribution is 2.29. The number of hydrogen-bond donors (Lipinski definition) is 1. The maximum Gasteiger partial charge on any atom is 0.340 e. The van der Waals surface area contributed by atoms with E-state index in [0.29, 0.717) is 34.9 Å². The van der Waals surface area contributed by atoms with Crippen molar-refractivity contribution in [2.75, 3.05) is 6.61 Å². The molecule has 0 spiro atoms. The number of aromatic amines is 1. The molecule has 0 aliphatic rings. The monoisotopic (exact) mass is 419 g/mol. The SMILES string of the molecule is CCOC(=O)c1cc(-c2ccc(-c3ccccc3)cc2)nc2nc(-c3ccccc3)[nH]c12. The van der Waals surface area contributed by atoms with E-state index in [4.69, 9.17) is 9.72 Å². The molecule has 2 aromatic heterocycles. The summed E-state index contributed by atoms with van der Waals surface area (Å²) in [6, 6.07) is 29.9. The smallest absolute Gasteiger partial charge is 0.340 e. The number of esters is 1. The van der Waals surface area contributed by atoms with Crippen molar-refractivity contribution in [2.45, 2.75) is 6.92 Å². The minimum absolute atomic E-state index is 0.295. The third-order valence-corrected chi connectivity index (χ3v) is 5.29. The quantitative estimate of drug-likeness (QED) is 0.348. The van der Waals surface area contributed by atoms with Crippen LogP contribution in [0, 0.1) is 0 Å². The van der Waals surface area contributed by atoms with Gasteiger partial charge in [0.25, 0.3) is 0 Å². The highest BCUT2D eigenvalue weighted by atomic mass is 16.5. The molecule has 5 nitrogen and oxygen atoms in total. The minimum atomic E-state index is -0.398. The van der Waals surface area contributed by atoms with Gasteiger partial charge in [0, 0.05) is 11.1 Å². The molecule has 2 heterocycles. The summed E-state index contributed by atoms with van der Waals surface area (Å²) in [5.74, 6) is 0.264. The third-order valence-electron chi connectivity index (χ3n) is 5.29. The van der Waals surface area contributed by atoms with Crippen molar-refractivity contribution in [2.24, 2.45) is 0 Å². The van der Waals surface area contributed by atoms with Crippen molar-refractivity contribution < 1.29 is 9.53 Å². The molecule has 0 bridgehead atoms. The van der Waals surface area contributed by atoms with Crippen LogP contribution in [0.1, 0.15) is 17.3 Å². The zero-order chi connectivity index (χ0) is 21.9. The Morgan fingerprint density at radius 2 is 1.38 bits per heavy atom. The highest BCUT2D eigenvalue weighted by Gasteiger charge is 2.19. The second kappa shape index (κ2) is 8.47. The number of rotatable bonds is 5. The van der Waals surface area contributed by atoms with Crippen LogP contribution in [0.15, 0.2) is 91.0 Å². The van der Waals surface area contributed by atoms with Gasteiger partial charge in [-0.15, -0.1) is 0 Å². The van der Waals surface area contributed by atoms with Crippen molar-refractivity contribution >= 4 is 17.1 Å². The Hall–Kier alpha value is -4.25. The van der Waals surface area contributed by atoms with Crippen molar-refractivity contribution in [3.63, 3.8) is 0 Å². The van der Waals surface area contributed by atoms with Crippen molar-refractivity contribution in [3.8, 4) is 33.8 Å². The third kappa shape index (κ3) is 3.76. The van der Waals surface area contributed by atoms with Crippen molar-refractivity contribution in [3.05, 3.63) is 96.6 Å². The predicted molar refractivity (Wildman–Crippen MR) is 126 cm³/mol. The van der Waals surface area contributed by atoms with E-state index in [1.165, 1.54) is 0 Å². The maximum atomic E-state index is 12.7. The molecule has 5 aromatic rings. The van der Waals surface area contributed by atoms with Gasteiger partial charge < -0.3 is 9.72 Å². The molecule has 0 unspecified atom stereocenters. The van der Waals surface area contributed by atoms with Gasteiger partial charge in [0.15, 0.2) is 5.65 Å². The van der Waals surface area contributed by atoms with Crippen LogP contribution in [0.2, 0.25) is 0 Å². The lowest BCUT2D eigenvalue weighted by Gasteiger charge is -2.07. The van der Waals surface area contributed by atoms with E-state index >= 15 is 0 Å². The standard InChI is InChI=1S/C27H21N3O2/c1-2-32-27(31)22-17-23(20-15-13-19(14-16-20)18-9-5-3-6-10-18)28-26-24(22)29-25(30-26)21-11-7-4-8-12-21/h3-17H,2H2,1H3,(H,28,29,30). The van der Waals surface area contributed by atoms with Crippen LogP contribution in [-0.2, 0) is 4.74 Å². The number of pyridine rings is 1. The van der Waals surface area contributed by atoms with Gasteiger partial charge >= 0.3 is 5.97 Å². The summed E-state index contributed by atoms with van der Waals surface area (Å²) in [6.07, 6.45) is 0. The van der Waals surface area contributed by atoms with E-state index < -0.39 is 5.97 Å². The Morgan fingerprint density at radius 1 is 0.781 bits per heavy atom. The normalized spacial score (nSPS) is 10.9.